The summed E-state index contributed by atoms with van der Waals surface area (Å²) in [6.07, 6.45) is 0.752. The number of hydrogen-bond acceptors (Lipinski definition) is 3. The molecule has 1 aliphatic rings. The molecular formula is C9H17N3O2. The first-order valence-corrected chi connectivity index (χ1v) is 4.90. The second kappa shape index (κ2) is 4.95. The van der Waals surface area contributed by atoms with Gasteiger partial charge in [-0.1, -0.05) is 0 Å². The Morgan fingerprint density at radius 2 is 2.29 bits per heavy atom. The molecule has 0 spiro atoms. The molecule has 0 bridgehead atoms. The molecule has 0 aliphatic carbocycles. The van der Waals surface area contributed by atoms with Crippen LogP contribution in [0.5, 0.6) is 0 Å². The van der Waals surface area contributed by atoms with E-state index in [1.807, 2.05) is 6.92 Å². The van der Waals surface area contributed by atoms with Gasteiger partial charge in [-0.3, -0.25) is 9.59 Å². The molecule has 5 nitrogen and oxygen atoms in total. The van der Waals surface area contributed by atoms with Crippen LogP contribution < -0.4 is 11.1 Å². The Balaban J connectivity index is 2.55. The van der Waals surface area contributed by atoms with Crippen molar-refractivity contribution in [2.24, 2.45) is 5.73 Å². The molecule has 1 rings (SSSR count). The van der Waals surface area contributed by atoms with Crippen LogP contribution in [0.15, 0.2) is 0 Å². The van der Waals surface area contributed by atoms with E-state index in [0.29, 0.717) is 19.6 Å². The first kappa shape index (κ1) is 11.0. The van der Waals surface area contributed by atoms with Crippen LogP contribution in [0.25, 0.3) is 0 Å². The van der Waals surface area contributed by atoms with Crippen molar-refractivity contribution in [3.05, 3.63) is 0 Å². The molecule has 80 valence electrons. The van der Waals surface area contributed by atoms with Gasteiger partial charge < -0.3 is 16.0 Å². The molecule has 0 aromatic heterocycles. The Morgan fingerprint density at radius 3 is 2.93 bits per heavy atom. The largest absolute Gasteiger partial charge is 0.351 e. The van der Waals surface area contributed by atoms with Crippen LogP contribution in [0, 0.1) is 0 Å². The predicted octanol–water partition coefficient (Wildman–Crippen LogP) is -0.928. The number of carbonyl (C=O) groups excluding carboxylic acids is 2. The number of nitrogens with one attached hydrogen (secondary N) is 1. The first-order chi connectivity index (χ1) is 6.63. The van der Waals surface area contributed by atoms with E-state index in [4.69, 9.17) is 5.73 Å². The van der Waals surface area contributed by atoms with Gasteiger partial charge in [-0.15, -0.1) is 0 Å². The number of hydrogen-bond donors (Lipinski definition) is 2. The fourth-order valence-corrected chi connectivity index (χ4v) is 1.55. The van der Waals surface area contributed by atoms with Crippen molar-refractivity contribution in [1.29, 1.82) is 0 Å². The van der Waals surface area contributed by atoms with E-state index in [1.54, 1.807) is 4.90 Å². The summed E-state index contributed by atoms with van der Waals surface area (Å²) < 4.78 is 0. The zero-order chi connectivity index (χ0) is 10.6. The van der Waals surface area contributed by atoms with E-state index in [-0.39, 0.29) is 24.3 Å². The Kier molecular flexibility index (Phi) is 3.88. The Hall–Kier alpha value is -1.10. The average Bonchev–Trinajstić information content (AvgIpc) is 2.21. The summed E-state index contributed by atoms with van der Waals surface area (Å²) in [4.78, 5) is 24.3. The van der Waals surface area contributed by atoms with Crippen molar-refractivity contribution < 1.29 is 9.59 Å². The summed E-state index contributed by atoms with van der Waals surface area (Å²) in [6, 6.07) is 0.0340. The minimum Gasteiger partial charge on any atom is -0.351 e. The van der Waals surface area contributed by atoms with Crippen molar-refractivity contribution in [3.8, 4) is 0 Å². The van der Waals surface area contributed by atoms with Gasteiger partial charge >= 0.3 is 0 Å². The van der Waals surface area contributed by atoms with Gasteiger partial charge in [0.1, 0.15) is 6.42 Å². The summed E-state index contributed by atoms with van der Waals surface area (Å²) in [5.74, 6) is -0.280. The highest BCUT2D eigenvalue weighted by Crippen LogP contribution is 2.03. The first-order valence-electron chi connectivity index (χ1n) is 4.90. The SMILES string of the molecule is CC1CN(CCCN)C(=O)CC(=O)N1. The zero-order valence-electron chi connectivity index (χ0n) is 8.45. The van der Waals surface area contributed by atoms with Gasteiger partial charge in [0.15, 0.2) is 0 Å². The Bertz CT molecular complexity index is 230. The molecular weight excluding hydrogens is 182 g/mol. The molecule has 3 N–H and O–H groups in total. The normalized spacial score (nSPS) is 23.3. The maximum atomic E-state index is 11.5. The minimum absolute atomic E-state index is 0.0328. The van der Waals surface area contributed by atoms with Crippen molar-refractivity contribution >= 4 is 11.8 Å². The summed E-state index contributed by atoms with van der Waals surface area (Å²) in [6.45, 7) is 3.70. The molecule has 0 aromatic carbocycles. The standard InChI is InChI=1S/C9H17N3O2/c1-7-6-12(4-2-3-10)9(14)5-8(13)11-7/h7H,2-6,10H2,1H3,(H,11,13). The van der Waals surface area contributed by atoms with Crippen LogP contribution in [0.1, 0.15) is 19.8 Å². The van der Waals surface area contributed by atoms with Crippen LogP contribution in [0.4, 0.5) is 0 Å². The third-order valence-corrected chi connectivity index (χ3v) is 2.20. The molecule has 0 aromatic rings. The van der Waals surface area contributed by atoms with E-state index >= 15 is 0 Å². The maximum Gasteiger partial charge on any atom is 0.232 e. The number of nitrogens with two attached hydrogens (primary N) is 1. The van der Waals surface area contributed by atoms with Gasteiger partial charge in [-0.2, -0.15) is 0 Å². The van der Waals surface area contributed by atoms with Crippen LogP contribution >= 0.6 is 0 Å². The van der Waals surface area contributed by atoms with E-state index in [1.165, 1.54) is 0 Å². The average molecular weight is 199 g/mol. The molecule has 1 heterocycles. The van der Waals surface area contributed by atoms with E-state index < -0.39 is 0 Å². The lowest BCUT2D eigenvalue weighted by molar-refractivity contribution is -0.134. The molecule has 5 heteroatoms. The highest BCUT2D eigenvalue weighted by Gasteiger charge is 2.24. The molecule has 1 saturated heterocycles. The number of rotatable bonds is 3. The van der Waals surface area contributed by atoms with Crippen molar-refractivity contribution in [2.45, 2.75) is 25.8 Å². The maximum absolute atomic E-state index is 11.5. The van der Waals surface area contributed by atoms with E-state index in [2.05, 4.69) is 5.32 Å². The smallest absolute Gasteiger partial charge is 0.232 e. The Labute approximate surface area is 83.6 Å². The van der Waals surface area contributed by atoms with Crippen LogP contribution in [-0.2, 0) is 9.59 Å². The lowest BCUT2D eigenvalue weighted by Gasteiger charge is -2.21. The third-order valence-electron chi connectivity index (χ3n) is 2.20. The van der Waals surface area contributed by atoms with Crippen LogP contribution in [-0.4, -0.2) is 42.4 Å². The van der Waals surface area contributed by atoms with Crippen molar-refractivity contribution in [1.82, 2.24) is 10.2 Å². The predicted molar refractivity (Wildman–Crippen MR) is 52.5 cm³/mol. The minimum atomic E-state index is -0.183. The number of carbonyl (C=O) groups is 2. The highest BCUT2D eigenvalue weighted by molar-refractivity contribution is 5.97. The second-order valence-corrected chi connectivity index (χ2v) is 3.63. The number of nitrogens with zero attached hydrogens (tertiary/aromatic N) is 1. The fourth-order valence-electron chi connectivity index (χ4n) is 1.55. The quantitative estimate of drug-likeness (QED) is 0.577. The Morgan fingerprint density at radius 1 is 1.57 bits per heavy atom. The van der Waals surface area contributed by atoms with Crippen LogP contribution in [0.3, 0.4) is 0 Å². The van der Waals surface area contributed by atoms with Gasteiger partial charge in [0.25, 0.3) is 0 Å². The van der Waals surface area contributed by atoms with Gasteiger partial charge in [-0.25, -0.2) is 0 Å². The van der Waals surface area contributed by atoms with E-state index in [0.717, 1.165) is 6.42 Å². The summed E-state index contributed by atoms with van der Waals surface area (Å²) in [7, 11) is 0. The second-order valence-electron chi connectivity index (χ2n) is 3.63. The molecule has 2 amide bonds. The third kappa shape index (κ3) is 2.99. The molecule has 0 radical (unpaired) electrons. The van der Waals surface area contributed by atoms with Gasteiger partial charge in [0.2, 0.25) is 11.8 Å². The van der Waals surface area contributed by atoms with Crippen molar-refractivity contribution in [2.75, 3.05) is 19.6 Å². The van der Waals surface area contributed by atoms with Gasteiger partial charge in [-0.05, 0) is 19.9 Å². The summed E-state index contributed by atoms with van der Waals surface area (Å²) in [5.41, 5.74) is 5.37. The lowest BCUT2D eigenvalue weighted by atomic mass is 10.3. The lowest BCUT2D eigenvalue weighted by Crippen LogP contribution is -2.38. The summed E-state index contributed by atoms with van der Waals surface area (Å²) in [5, 5.41) is 2.75. The fraction of sp³-hybridized carbons (Fsp3) is 0.778. The van der Waals surface area contributed by atoms with Gasteiger partial charge in [0, 0.05) is 19.1 Å². The molecule has 1 atom stereocenters. The molecule has 1 aliphatic heterocycles. The van der Waals surface area contributed by atoms with E-state index in [9.17, 15) is 9.59 Å². The molecule has 14 heavy (non-hydrogen) atoms. The molecule has 0 saturated carbocycles. The number of amides is 2. The molecule has 1 unspecified atom stereocenters. The molecule has 1 fully saturated rings. The van der Waals surface area contributed by atoms with Crippen LogP contribution in [0.2, 0.25) is 0 Å². The monoisotopic (exact) mass is 199 g/mol. The topological polar surface area (TPSA) is 75.4 Å². The zero-order valence-corrected chi connectivity index (χ0v) is 8.45. The van der Waals surface area contributed by atoms with Gasteiger partial charge in [0.05, 0.1) is 0 Å². The summed E-state index contributed by atoms with van der Waals surface area (Å²) >= 11 is 0. The van der Waals surface area contributed by atoms with Crippen molar-refractivity contribution in [3.63, 3.8) is 0 Å². The highest BCUT2D eigenvalue weighted by atomic mass is 16.2.